The van der Waals surface area contributed by atoms with Crippen LogP contribution in [-0.4, -0.2) is 39.6 Å². The lowest BCUT2D eigenvalue weighted by atomic mass is 10.1. The summed E-state index contributed by atoms with van der Waals surface area (Å²) in [5.41, 5.74) is 6.25. The van der Waals surface area contributed by atoms with Crippen LogP contribution in [0.3, 0.4) is 0 Å². The van der Waals surface area contributed by atoms with Crippen LogP contribution in [0.5, 0.6) is 0 Å². The molecule has 2 aliphatic rings. The third-order valence-electron chi connectivity index (χ3n) is 5.12. The predicted octanol–water partition coefficient (Wildman–Crippen LogP) is 1.71. The van der Waals surface area contributed by atoms with Gasteiger partial charge in [-0.3, -0.25) is 0 Å². The standard InChI is InChI=1S/C19H26N6/c1-12-14-4-3-5-16(14)25-18(22-12)8-11-21-19-15-6-9-20-10-7-17(15)23-13(2)24-19/h20H,3-11H2,1-2H3,(H,21,23,24). The normalized spacial score (nSPS) is 16.2. The predicted molar refractivity (Wildman–Crippen MR) is 98.0 cm³/mol. The molecule has 0 amide bonds. The van der Waals surface area contributed by atoms with Crippen molar-refractivity contribution in [2.75, 3.05) is 25.0 Å². The van der Waals surface area contributed by atoms with Gasteiger partial charge in [-0.25, -0.2) is 19.9 Å². The zero-order valence-electron chi connectivity index (χ0n) is 15.2. The summed E-state index contributed by atoms with van der Waals surface area (Å²) in [4.78, 5) is 18.8. The van der Waals surface area contributed by atoms with E-state index in [1.165, 1.54) is 28.9 Å². The molecule has 2 N–H and O–H groups in total. The van der Waals surface area contributed by atoms with E-state index in [0.717, 1.165) is 74.9 Å². The molecule has 132 valence electrons. The van der Waals surface area contributed by atoms with Gasteiger partial charge in [0.2, 0.25) is 0 Å². The van der Waals surface area contributed by atoms with Crippen LogP contribution in [0.15, 0.2) is 0 Å². The Morgan fingerprint density at radius 3 is 2.64 bits per heavy atom. The van der Waals surface area contributed by atoms with Crippen molar-refractivity contribution in [3.05, 3.63) is 39.9 Å². The summed E-state index contributed by atoms with van der Waals surface area (Å²) in [6.45, 7) is 6.86. The van der Waals surface area contributed by atoms with Crippen LogP contribution in [0.4, 0.5) is 5.82 Å². The van der Waals surface area contributed by atoms with E-state index >= 15 is 0 Å². The van der Waals surface area contributed by atoms with Gasteiger partial charge in [0.05, 0.1) is 5.69 Å². The van der Waals surface area contributed by atoms with Crippen molar-refractivity contribution in [1.82, 2.24) is 25.3 Å². The Kier molecular flexibility index (Phi) is 4.61. The lowest BCUT2D eigenvalue weighted by molar-refractivity contribution is 0.708. The van der Waals surface area contributed by atoms with E-state index in [4.69, 9.17) is 9.97 Å². The number of fused-ring (bicyclic) bond motifs is 2. The summed E-state index contributed by atoms with van der Waals surface area (Å²) >= 11 is 0. The maximum absolute atomic E-state index is 4.77. The van der Waals surface area contributed by atoms with Gasteiger partial charge >= 0.3 is 0 Å². The Bertz CT molecular complexity index is 786. The Morgan fingerprint density at radius 2 is 1.72 bits per heavy atom. The number of nitrogens with zero attached hydrogens (tertiary/aromatic N) is 4. The lowest BCUT2D eigenvalue weighted by Crippen LogP contribution is -2.16. The van der Waals surface area contributed by atoms with E-state index in [-0.39, 0.29) is 0 Å². The van der Waals surface area contributed by atoms with Crippen molar-refractivity contribution in [1.29, 1.82) is 0 Å². The van der Waals surface area contributed by atoms with Crippen molar-refractivity contribution in [3.63, 3.8) is 0 Å². The molecule has 0 fully saturated rings. The fraction of sp³-hybridized carbons (Fsp3) is 0.579. The summed E-state index contributed by atoms with van der Waals surface area (Å²) in [6.07, 6.45) is 6.23. The number of nitrogens with one attached hydrogen (secondary N) is 2. The number of hydrogen-bond donors (Lipinski definition) is 2. The van der Waals surface area contributed by atoms with Crippen LogP contribution in [-0.2, 0) is 32.1 Å². The second kappa shape index (κ2) is 7.04. The fourth-order valence-electron chi connectivity index (χ4n) is 3.90. The number of anilines is 1. The topological polar surface area (TPSA) is 75.6 Å². The van der Waals surface area contributed by atoms with Gasteiger partial charge in [0.1, 0.15) is 17.5 Å². The number of rotatable bonds is 4. The molecule has 0 unspecified atom stereocenters. The lowest BCUT2D eigenvalue weighted by Gasteiger charge is -2.14. The second-order valence-electron chi connectivity index (χ2n) is 6.98. The Hall–Kier alpha value is -2.08. The maximum atomic E-state index is 4.77. The van der Waals surface area contributed by atoms with Gasteiger partial charge in [-0.1, -0.05) is 0 Å². The molecule has 4 rings (SSSR count). The number of aryl methyl sites for hydroxylation is 3. The molecule has 6 heteroatoms. The van der Waals surface area contributed by atoms with Crippen LogP contribution >= 0.6 is 0 Å². The van der Waals surface area contributed by atoms with Crippen molar-refractivity contribution in [2.45, 2.75) is 52.4 Å². The Labute approximate surface area is 148 Å². The van der Waals surface area contributed by atoms with Crippen molar-refractivity contribution < 1.29 is 0 Å². The van der Waals surface area contributed by atoms with Crippen LogP contribution < -0.4 is 10.6 Å². The van der Waals surface area contributed by atoms with E-state index in [1.54, 1.807) is 0 Å². The molecule has 0 spiro atoms. The van der Waals surface area contributed by atoms with Gasteiger partial charge in [-0.05, 0) is 51.6 Å². The maximum Gasteiger partial charge on any atom is 0.133 e. The van der Waals surface area contributed by atoms with Crippen LogP contribution in [0.2, 0.25) is 0 Å². The first-order chi connectivity index (χ1) is 12.2. The molecule has 1 aliphatic heterocycles. The number of hydrogen-bond acceptors (Lipinski definition) is 6. The summed E-state index contributed by atoms with van der Waals surface area (Å²) in [5.74, 6) is 2.78. The molecule has 0 radical (unpaired) electrons. The summed E-state index contributed by atoms with van der Waals surface area (Å²) in [5, 5.41) is 6.96. The van der Waals surface area contributed by atoms with Gasteiger partial charge in [0.25, 0.3) is 0 Å². The molecular weight excluding hydrogens is 312 g/mol. The molecule has 0 saturated heterocycles. The molecule has 2 aromatic heterocycles. The summed E-state index contributed by atoms with van der Waals surface area (Å²) in [6, 6.07) is 0. The highest BCUT2D eigenvalue weighted by Crippen LogP contribution is 2.23. The first kappa shape index (κ1) is 16.4. The zero-order valence-corrected chi connectivity index (χ0v) is 15.2. The van der Waals surface area contributed by atoms with Gasteiger partial charge < -0.3 is 10.6 Å². The third-order valence-corrected chi connectivity index (χ3v) is 5.12. The Morgan fingerprint density at radius 1 is 0.880 bits per heavy atom. The average Bonchev–Trinajstić information content (AvgIpc) is 2.93. The average molecular weight is 338 g/mol. The van der Waals surface area contributed by atoms with E-state index < -0.39 is 0 Å². The summed E-state index contributed by atoms with van der Waals surface area (Å²) < 4.78 is 0. The highest BCUT2D eigenvalue weighted by molar-refractivity contribution is 5.47. The third kappa shape index (κ3) is 3.49. The fourth-order valence-corrected chi connectivity index (χ4v) is 3.90. The molecular formula is C19H26N6. The largest absolute Gasteiger partial charge is 0.369 e. The summed E-state index contributed by atoms with van der Waals surface area (Å²) in [7, 11) is 0. The molecule has 0 saturated carbocycles. The molecule has 3 heterocycles. The quantitative estimate of drug-likeness (QED) is 0.884. The molecule has 1 aliphatic carbocycles. The minimum atomic E-state index is 0.800. The second-order valence-corrected chi connectivity index (χ2v) is 6.98. The van der Waals surface area contributed by atoms with Crippen molar-refractivity contribution in [2.24, 2.45) is 0 Å². The first-order valence-corrected chi connectivity index (χ1v) is 9.37. The van der Waals surface area contributed by atoms with E-state index in [2.05, 4.69) is 27.5 Å². The van der Waals surface area contributed by atoms with E-state index in [9.17, 15) is 0 Å². The Balaban J connectivity index is 1.47. The van der Waals surface area contributed by atoms with Gasteiger partial charge in [0.15, 0.2) is 0 Å². The van der Waals surface area contributed by atoms with Gasteiger partial charge in [0, 0.05) is 42.9 Å². The molecule has 25 heavy (non-hydrogen) atoms. The molecule has 0 atom stereocenters. The smallest absolute Gasteiger partial charge is 0.133 e. The van der Waals surface area contributed by atoms with Gasteiger partial charge in [-0.15, -0.1) is 0 Å². The van der Waals surface area contributed by atoms with Gasteiger partial charge in [-0.2, -0.15) is 0 Å². The first-order valence-electron chi connectivity index (χ1n) is 9.37. The minimum Gasteiger partial charge on any atom is -0.369 e. The SMILES string of the molecule is Cc1nc2c(c(NCCc3nc(C)c4c(n3)CCC4)n1)CCNCC2. The molecule has 6 nitrogen and oxygen atoms in total. The monoisotopic (exact) mass is 338 g/mol. The molecule has 0 bridgehead atoms. The van der Waals surface area contributed by atoms with Crippen LogP contribution in [0.25, 0.3) is 0 Å². The molecule has 0 aromatic carbocycles. The number of aromatic nitrogens is 4. The zero-order chi connectivity index (χ0) is 17.2. The van der Waals surface area contributed by atoms with Crippen molar-refractivity contribution >= 4 is 5.82 Å². The van der Waals surface area contributed by atoms with E-state index in [1.807, 2.05) is 6.92 Å². The highest BCUT2D eigenvalue weighted by Gasteiger charge is 2.18. The van der Waals surface area contributed by atoms with Crippen molar-refractivity contribution in [3.8, 4) is 0 Å². The molecule has 2 aromatic rings. The van der Waals surface area contributed by atoms with Crippen LogP contribution in [0.1, 0.15) is 46.3 Å². The van der Waals surface area contributed by atoms with E-state index in [0.29, 0.717) is 0 Å². The van der Waals surface area contributed by atoms with Crippen LogP contribution in [0, 0.1) is 13.8 Å². The highest BCUT2D eigenvalue weighted by atomic mass is 15.0. The minimum absolute atomic E-state index is 0.800.